The monoisotopic (exact) mass is 666 g/mol. The second-order valence-electron chi connectivity index (χ2n) is 15.6. The molecule has 2 saturated heterocycles. The third-order valence-electron chi connectivity index (χ3n) is 11.0. The zero-order valence-corrected chi connectivity index (χ0v) is 28.6. The third-order valence-corrected chi connectivity index (χ3v) is 11.0. The molecule has 0 bridgehead atoms. The molecule has 4 aliphatic rings. The molecule has 3 heterocycles. The first-order valence-electron chi connectivity index (χ1n) is 17.2. The quantitative estimate of drug-likeness (QED) is 0.226. The lowest BCUT2D eigenvalue weighted by Gasteiger charge is -2.39. The molecular weight excluding hydrogens is 616 g/mol. The fraction of sp³-hybridized carbons (Fsp3) is 0.706. The van der Waals surface area contributed by atoms with Crippen molar-refractivity contribution >= 4 is 35.4 Å². The summed E-state index contributed by atoms with van der Waals surface area (Å²) in [6.07, 6.45) is 9.23. The van der Waals surface area contributed by atoms with Crippen molar-refractivity contribution in [1.82, 2.24) is 36.1 Å². The first-order chi connectivity index (χ1) is 22.6. The summed E-state index contributed by atoms with van der Waals surface area (Å²) in [5.41, 5.74) is 4.80. The number of primary amides is 1. The van der Waals surface area contributed by atoms with Gasteiger partial charge in [-0.3, -0.25) is 33.8 Å². The van der Waals surface area contributed by atoms with Gasteiger partial charge in [0.15, 0.2) is 0 Å². The molecule has 262 valence electrons. The fourth-order valence-electron chi connectivity index (χ4n) is 8.01. The Balaban J connectivity index is 1.36. The van der Waals surface area contributed by atoms with E-state index in [0.717, 1.165) is 32.1 Å². The summed E-state index contributed by atoms with van der Waals surface area (Å²) in [4.78, 5) is 89.9. The first-order valence-corrected chi connectivity index (χ1v) is 17.2. The summed E-state index contributed by atoms with van der Waals surface area (Å²) < 4.78 is 0. The number of nitrogens with one attached hydrogen (secondary N) is 4. The number of carbonyl (C=O) groups is 6. The molecule has 0 radical (unpaired) electrons. The highest BCUT2D eigenvalue weighted by Gasteiger charge is 2.70. The predicted octanol–water partition coefficient (Wildman–Crippen LogP) is 0.666. The molecule has 6 amide bonds. The van der Waals surface area contributed by atoms with E-state index in [4.69, 9.17) is 5.73 Å². The molecule has 0 unspecified atom stereocenters. The van der Waals surface area contributed by atoms with E-state index in [2.05, 4.69) is 45.1 Å². The van der Waals surface area contributed by atoms with E-state index in [1.807, 2.05) is 20.8 Å². The second kappa shape index (κ2) is 13.8. The van der Waals surface area contributed by atoms with Crippen LogP contribution in [0.15, 0.2) is 18.6 Å². The Bertz CT molecular complexity index is 1420. The molecule has 1 aromatic heterocycles. The van der Waals surface area contributed by atoms with Crippen LogP contribution in [0.4, 0.5) is 0 Å². The van der Waals surface area contributed by atoms with Crippen LogP contribution < -0.4 is 27.0 Å². The van der Waals surface area contributed by atoms with Crippen LogP contribution in [0.2, 0.25) is 0 Å². The molecule has 2 aliphatic heterocycles. The van der Waals surface area contributed by atoms with Crippen molar-refractivity contribution in [2.24, 2.45) is 40.2 Å². The lowest BCUT2D eigenvalue weighted by Crippen LogP contribution is -2.63. The van der Waals surface area contributed by atoms with Crippen LogP contribution in [0, 0.1) is 34.5 Å². The number of rotatable bonds is 11. The van der Waals surface area contributed by atoms with E-state index in [1.54, 1.807) is 0 Å². The van der Waals surface area contributed by atoms with Crippen LogP contribution in [0.1, 0.15) is 90.1 Å². The van der Waals surface area contributed by atoms with E-state index < -0.39 is 65.0 Å². The molecular formula is C34H50N8O6. The molecule has 2 aliphatic carbocycles. The zero-order valence-electron chi connectivity index (χ0n) is 28.6. The highest BCUT2D eigenvalue weighted by molar-refractivity contribution is 5.99. The van der Waals surface area contributed by atoms with E-state index in [1.165, 1.54) is 23.5 Å². The maximum Gasteiger partial charge on any atom is 0.272 e. The van der Waals surface area contributed by atoms with Gasteiger partial charge in [-0.15, -0.1) is 0 Å². The number of piperidine rings is 1. The largest absolute Gasteiger partial charge is 0.368 e. The van der Waals surface area contributed by atoms with E-state index >= 15 is 0 Å². The van der Waals surface area contributed by atoms with Crippen molar-refractivity contribution in [3.8, 4) is 0 Å². The highest BCUT2D eigenvalue weighted by atomic mass is 16.2. The SMILES string of the molecule is CC(C)(C)[C@H](NC(=O)[C@@H](NC(=O)c1cnccn1)C1CCCCC1)C(=O)N1C[C@H]2[C@@H]([C@H]1C(=O)N[C@@H](C[C@@H]1CCNC1=O)C(N)=O)C2(C)C. The molecule has 0 spiro atoms. The number of hydrogen-bond donors (Lipinski definition) is 5. The Kier molecular flexibility index (Phi) is 10.1. The average molecular weight is 667 g/mol. The Hall–Kier alpha value is -4.10. The van der Waals surface area contributed by atoms with Gasteiger partial charge in [-0.1, -0.05) is 53.9 Å². The van der Waals surface area contributed by atoms with Gasteiger partial charge in [0.2, 0.25) is 29.5 Å². The molecule has 4 fully saturated rings. The number of carbonyl (C=O) groups excluding carboxylic acids is 6. The summed E-state index contributed by atoms with van der Waals surface area (Å²) >= 11 is 0. The van der Waals surface area contributed by atoms with Crippen LogP contribution >= 0.6 is 0 Å². The summed E-state index contributed by atoms with van der Waals surface area (Å²) in [6.45, 7) is 10.4. The van der Waals surface area contributed by atoms with Crippen molar-refractivity contribution in [3.63, 3.8) is 0 Å². The summed E-state index contributed by atoms with van der Waals surface area (Å²) in [7, 11) is 0. The molecule has 48 heavy (non-hydrogen) atoms. The zero-order chi connectivity index (χ0) is 35.0. The number of amides is 6. The second-order valence-corrected chi connectivity index (χ2v) is 15.6. The standard InChI is InChI=1S/C34H50N8O6/c1-33(2,3)26(41-30(46)24(18-9-7-6-8-10-18)40-29(45)22-16-36-13-14-37-22)32(48)42-17-20-23(34(20,4)5)25(42)31(47)39-21(27(35)43)15-19-11-12-38-28(19)44/h13-14,16,18-21,23-26H,6-12,15,17H2,1-5H3,(H2,35,43)(H,38,44)(H,39,47)(H,40,45)(H,41,46)/t19-,20-,21-,23-,24-,25-,26+/m0/s1. The van der Waals surface area contributed by atoms with Crippen LogP contribution in [0.5, 0.6) is 0 Å². The van der Waals surface area contributed by atoms with Crippen molar-refractivity contribution in [1.29, 1.82) is 0 Å². The van der Waals surface area contributed by atoms with Crippen molar-refractivity contribution in [2.75, 3.05) is 13.1 Å². The van der Waals surface area contributed by atoms with E-state index in [9.17, 15) is 28.8 Å². The lowest BCUT2D eigenvalue weighted by atomic mass is 9.82. The Morgan fingerprint density at radius 3 is 2.33 bits per heavy atom. The number of likely N-dealkylation sites (tertiary alicyclic amines) is 1. The van der Waals surface area contributed by atoms with Gasteiger partial charge in [0, 0.05) is 31.4 Å². The van der Waals surface area contributed by atoms with Gasteiger partial charge in [0.05, 0.1) is 6.20 Å². The molecule has 1 aromatic rings. The van der Waals surface area contributed by atoms with Crippen molar-refractivity contribution < 1.29 is 28.8 Å². The number of fused-ring (bicyclic) bond motifs is 1. The normalized spacial score (nSPS) is 26.8. The molecule has 0 aromatic carbocycles. The van der Waals surface area contributed by atoms with E-state index in [0.29, 0.717) is 19.5 Å². The van der Waals surface area contributed by atoms with Gasteiger partial charge in [-0.05, 0) is 54.3 Å². The minimum Gasteiger partial charge on any atom is -0.368 e. The van der Waals surface area contributed by atoms with Crippen molar-refractivity contribution in [3.05, 3.63) is 24.3 Å². The average Bonchev–Trinajstić information content (AvgIpc) is 3.37. The summed E-state index contributed by atoms with van der Waals surface area (Å²) in [5, 5.41) is 11.4. The Morgan fingerprint density at radius 1 is 1.04 bits per heavy atom. The smallest absolute Gasteiger partial charge is 0.272 e. The number of nitrogens with zero attached hydrogens (tertiary/aromatic N) is 3. The topological polar surface area (TPSA) is 206 Å². The highest BCUT2D eigenvalue weighted by Crippen LogP contribution is 2.65. The van der Waals surface area contributed by atoms with Gasteiger partial charge in [-0.2, -0.15) is 0 Å². The molecule has 7 atom stereocenters. The lowest BCUT2D eigenvalue weighted by molar-refractivity contribution is -0.146. The minimum absolute atomic E-state index is 0.0578. The maximum absolute atomic E-state index is 14.5. The molecule has 6 N–H and O–H groups in total. The molecule has 14 heteroatoms. The van der Waals surface area contributed by atoms with Crippen LogP contribution in [0.25, 0.3) is 0 Å². The number of aromatic nitrogens is 2. The van der Waals surface area contributed by atoms with Gasteiger partial charge in [0.1, 0.15) is 29.9 Å². The van der Waals surface area contributed by atoms with Crippen LogP contribution in [0.3, 0.4) is 0 Å². The molecule has 2 saturated carbocycles. The minimum atomic E-state index is -1.07. The van der Waals surface area contributed by atoms with Crippen molar-refractivity contribution in [2.45, 2.75) is 104 Å². The van der Waals surface area contributed by atoms with Gasteiger partial charge < -0.3 is 31.9 Å². The first kappa shape index (κ1) is 35.2. The molecule has 5 rings (SSSR count). The van der Waals surface area contributed by atoms with Gasteiger partial charge in [0.25, 0.3) is 5.91 Å². The van der Waals surface area contributed by atoms with E-state index in [-0.39, 0.29) is 41.2 Å². The summed E-state index contributed by atoms with van der Waals surface area (Å²) in [6, 6.07) is -3.87. The Morgan fingerprint density at radius 2 is 1.75 bits per heavy atom. The maximum atomic E-state index is 14.5. The predicted molar refractivity (Wildman–Crippen MR) is 174 cm³/mol. The number of nitrogens with two attached hydrogens (primary N) is 1. The van der Waals surface area contributed by atoms with Gasteiger partial charge >= 0.3 is 0 Å². The molecule has 14 nitrogen and oxygen atoms in total. The fourth-order valence-corrected chi connectivity index (χ4v) is 8.01. The van der Waals surface area contributed by atoms with Gasteiger partial charge in [-0.25, -0.2) is 4.98 Å². The number of hydrogen-bond acceptors (Lipinski definition) is 8. The van der Waals surface area contributed by atoms with Crippen LogP contribution in [-0.4, -0.2) is 87.6 Å². The summed E-state index contributed by atoms with van der Waals surface area (Å²) in [5.74, 6) is -3.49. The third kappa shape index (κ3) is 7.31. The van der Waals surface area contributed by atoms with Crippen LogP contribution in [-0.2, 0) is 24.0 Å². The Labute approximate surface area is 281 Å².